The molecule has 0 heterocycles. The van der Waals surface area contributed by atoms with Crippen molar-refractivity contribution >= 4 is 20.9 Å². The number of nitro benzene ring substituents is 1. The smallest absolute Gasteiger partial charge is 0.511 e. The monoisotopic (exact) mass is 369 g/mol. The van der Waals surface area contributed by atoms with Gasteiger partial charge in [-0.3, -0.25) is 10.1 Å². The molecule has 1 aromatic rings. The van der Waals surface area contributed by atoms with E-state index in [1.54, 1.807) is 0 Å². The summed E-state index contributed by atoms with van der Waals surface area (Å²) in [6.45, 7) is 11.4. The molecule has 0 unspecified atom stereocenters. The maximum Gasteiger partial charge on any atom is 0.511 e. The highest BCUT2D eigenvalue weighted by Crippen LogP contribution is 2.47. The number of unbranched alkanes of at least 4 members (excludes halogenated alkanes) is 1. The highest BCUT2D eigenvalue weighted by atomic mass is 28.3. The molecule has 0 aromatic heterocycles. The van der Waals surface area contributed by atoms with Gasteiger partial charge in [0.25, 0.3) is 0 Å². The lowest BCUT2D eigenvalue weighted by Gasteiger charge is -2.27. The quantitative estimate of drug-likeness (QED) is 0.247. The number of nitrogens with zero attached hydrogens (tertiary/aromatic N) is 1. The van der Waals surface area contributed by atoms with Crippen LogP contribution in [0.3, 0.4) is 0 Å². The van der Waals surface area contributed by atoms with Gasteiger partial charge in [0.15, 0.2) is 5.75 Å². The van der Waals surface area contributed by atoms with Crippen LogP contribution in [0, 0.1) is 10.1 Å². The fraction of sp³-hybridized carbons (Fsp3) is 0.588. The molecule has 0 radical (unpaired) electrons. The van der Waals surface area contributed by atoms with Gasteiger partial charge in [-0.25, -0.2) is 4.79 Å². The third kappa shape index (κ3) is 5.45. The van der Waals surface area contributed by atoms with Crippen molar-refractivity contribution in [3.05, 3.63) is 27.3 Å². The molecule has 1 aromatic carbocycles. The molecule has 0 saturated heterocycles. The Morgan fingerprint density at radius 3 is 2.36 bits per heavy atom. The first-order chi connectivity index (χ1) is 11.5. The Kier molecular flexibility index (Phi) is 6.98. The maximum atomic E-state index is 11.8. The van der Waals surface area contributed by atoms with Gasteiger partial charge >= 0.3 is 11.8 Å². The van der Waals surface area contributed by atoms with E-state index in [4.69, 9.17) is 14.3 Å². The molecule has 0 saturated carbocycles. The Morgan fingerprint density at radius 2 is 1.96 bits per heavy atom. The minimum absolute atomic E-state index is 0.0719. The molecule has 0 amide bonds. The zero-order valence-corrected chi connectivity index (χ0v) is 16.9. The standard InChI is InChI=1S/C17H27NO6Si/c1-7-8-9-11-10-12(23-16(19)20)13(17(2,3)4)15(24-25(5)6)14(11)18(21)22/h10,25H,7-9H2,1-6H3,(H,19,20). The van der Waals surface area contributed by atoms with E-state index < -0.39 is 25.5 Å². The Bertz CT molecular complexity index is 652. The van der Waals surface area contributed by atoms with E-state index in [9.17, 15) is 14.9 Å². The van der Waals surface area contributed by atoms with Crippen molar-refractivity contribution in [3.63, 3.8) is 0 Å². The molecular formula is C17H27NO6Si. The van der Waals surface area contributed by atoms with E-state index in [1.807, 2.05) is 40.8 Å². The van der Waals surface area contributed by atoms with Crippen LogP contribution in [0.1, 0.15) is 51.7 Å². The predicted molar refractivity (Wildman–Crippen MR) is 98.6 cm³/mol. The van der Waals surface area contributed by atoms with Gasteiger partial charge in [0.1, 0.15) is 5.75 Å². The van der Waals surface area contributed by atoms with Gasteiger partial charge in [-0.2, -0.15) is 0 Å². The molecule has 25 heavy (non-hydrogen) atoms. The van der Waals surface area contributed by atoms with Crippen molar-refractivity contribution in [1.82, 2.24) is 0 Å². The first-order valence-corrected chi connectivity index (χ1v) is 11.2. The number of carboxylic acid groups (broad SMARTS) is 1. The Balaban J connectivity index is 3.83. The number of rotatable bonds is 7. The molecule has 0 aliphatic heterocycles. The summed E-state index contributed by atoms with van der Waals surface area (Å²) in [7, 11) is -1.68. The first kappa shape index (κ1) is 21.0. The molecule has 7 nitrogen and oxygen atoms in total. The van der Waals surface area contributed by atoms with E-state index in [2.05, 4.69) is 0 Å². The van der Waals surface area contributed by atoms with Crippen LogP contribution in [0.15, 0.2) is 6.07 Å². The van der Waals surface area contributed by atoms with Gasteiger partial charge in [0, 0.05) is 11.1 Å². The van der Waals surface area contributed by atoms with E-state index in [0.29, 0.717) is 17.5 Å². The second-order valence-electron chi connectivity index (χ2n) is 7.23. The molecule has 0 spiro atoms. The SMILES string of the molecule is CCCCc1cc(OC(=O)O)c(C(C)(C)C)c(O[SiH](C)C)c1[N+](=O)[O-]. The van der Waals surface area contributed by atoms with Crippen LogP contribution in [0.25, 0.3) is 0 Å². The summed E-state index contributed by atoms with van der Waals surface area (Å²) >= 11 is 0. The number of hydrogen-bond donors (Lipinski definition) is 1. The van der Waals surface area contributed by atoms with Gasteiger partial charge < -0.3 is 14.3 Å². The van der Waals surface area contributed by atoms with E-state index in [-0.39, 0.29) is 17.2 Å². The largest absolute Gasteiger partial charge is 0.542 e. The summed E-state index contributed by atoms with van der Waals surface area (Å²) in [5.74, 6) is 0.269. The van der Waals surface area contributed by atoms with Gasteiger partial charge in [-0.05, 0) is 37.4 Å². The second-order valence-corrected chi connectivity index (χ2v) is 9.57. The number of aryl methyl sites for hydroxylation is 1. The minimum Gasteiger partial charge on any atom is -0.542 e. The average Bonchev–Trinajstić information content (AvgIpc) is 2.41. The van der Waals surface area contributed by atoms with Crippen molar-refractivity contribution in [1.29, 1.82) is 0 Å². The zero-order valence-electron chi connectivity index (χ0n) is 15.7. The highest BCUT2D eigenvalue weighted by Gasteiger charge is 2.34. The maximum absolute atomic E-state index is 11.8. The Labute approximate surface area is 149 Å². The highest BCUT2D eigenvalue weighted by molar-refractivity contribution is 6.49. The summed E-state index contributed by atoms with van der Waals surface area (Å²) in [6, 6.07) is 1.48. The third-order valence-electron chi connectivity index (χ3n) is 3.58. The summed E-state index contributed by atoms with van der Waals surface area (Å²) in [5, 5.41) is 20.9. The van der Waals surface area contributed by atoms with Crippen LogP contribution in [-0.2, 0) is 11.8 Å². The van der Waals surface area contributed by atoms with Gasteiger partial charge in [0.2, 0.25) is 9.04 Å². The summed E-state index contributed by atoms with van der Waals surface area (Å²) in [4.78, 5) is 22.5. The van der Waals surface area contributed by atoms with Crippen LogP contribution in [0.4, 0.5) is 10.5 Å². The Hall–Kier alpha value is -2.09. The molecule has 0 aliphatic carbocycles. The van der Waals surface area contributed by atoms with Crippen LogP contribution >= 0.6 is 0 Å². The number of carbonyl (C=O) groups is 1. The molecular weight excluding hydrogens is 342 g/mol. The van der Waals surface area contributed by atoms with Gasteiger partial charge in [-0.15, -0.1) is 0 Å². The molecule has 0 bridgehead atoms. The van der Waals surface area contributed by atoms with Crippen LogP contribution in [0.5, 0.6) is 11.5 Å². The molecule has 8 heteroatoms. The van der Waals surface area contributed by atoms with E-state index >= 15 is 0 Å². The van der Waals surface area contributed by atoms with Crippen molar-refractivity contribution in [2.45, 2.75) is 65.5 Å². The molecule has 1 rings (SSSR count). The third-order valence-corrected chi connectivity index (χ3v) is 4.29. The van der Waals surface area contributed by atoms with E-state index in [1.165, 1.54) is 6.07 Å². The molecule has 0 aliphatic rings. The second kappa shape index (κ2) is 8.33. The number of benzene rings is 1. The Morgan fingerprint density at radius 1 is 1.36 bits per heavy atom. The van der Waals surface area contributed by atoms with Crippen LogP contribution in [0.2, 0.25) is 13.1 Å². The lowest BCUT2D eigenvalue weighted by atomic mass is 9.84. The van der Waals surface area contributed by atoms with E-state index in [0.717, 1.165) is 12.8 Å². The van der Waals surface area contributed by atoms with Gasteiger partial charge in [0.05, 0.1) is 4.92 Å². The number of ether oxygens (including phenoxy) is 1. The van der Waals surface area contributed by atoms with Crippen molar-refractivity contribution in [3.8, 4) is 11.5 Å². The fourth-order valence-electron chi connectivity index (χ4n) is 2.67. The zero-order chi connectivity index (χ0) is 19.4. The molecule has 140 valence electrons. The van der Waals surface area contributed by atoms with Crippen molar-refractivity contribution in [2.24, 2.45) is 0 Å². The first-order valence-electron chi connectivity index (χ1n) is 8.41. The fourth-order valence-corrected chi connectivity index (χ4v) is 3.37. The molecule has 1 N–H and O–H groups in total. The van der Waals surface area contributed by atoms with Crippen LogP contribution in [-0.4, -0.2) is 25.2 Å². The topological polar surface area (TPSA) is 98.9 Å². The number of nitro groups is 1. The summed E-state index contributed by atoms with van der Waals surface area (Å²) in [6.07, 6.45) is 0.625. The predicted octanol–water partition coefficient (Wildman–Crippen LogP) is 4.65. The summed E-state index contributed by atoms with van der Waals surface area (Å²) in [5.41, 5.74) is 0.207. The average molecular weight is 369 g/mol. The lowest BCUT2D eigenvalue weighted by molar-refractivity contribution is -0.386. The normalized spacial score (nSPS) is 11.5. The minimum atomic E-state index is -1.68. The van der Waals surface area contributed by atoms with Crippen molar-refractivity contribution in [2.75, 3.05) is 0 Å². The molecule has 0 atom stereocenters. The number of hydrogen-bond acceptors (Lipinski definition) is 5. The van der Waals surface area contributed by atoms with Crippen LogP contribution < -0.4 is 9.16 Å². The molecule has 0 fully saturated rings. The van der Waals surface area contributed by atoms with Gasteiger partial charge in [-0.1, -0.05) is 34.1 Å². The van der Waals surface area contributed by atoms with Crippen molar-refractivity contribution < 1.29 is 24.0 Å². The summed E-state index contributed by atoms with van der Waals surface area (Å²) < 4.78 is 10.9. The lowest BCUT2D eigenvalue weighted by Crippen LogP contribution is -2.22.